The second-order valence-corrected chi connectivity index (χ2v) is 8.64. The van der Waals surface area contributed by atoms with Gasteiger partial charge >= 0.3 is 0 Å². The van der Waals surface area contributed by atoms with Crippen LogP contribution < -0.4 is 10.6 Å². The van der Waals surface area contributed by atoms with Crippen LogP contribution in [-0.4, -0.2) is 62.9 Å². The number of nitrogens with one attached hydrogen (secondary N) is 2. The van der Waals surface area contributed by atoms with Crippen LogP contribution in [0, 0.1) is 11.3 Å². The summed E-state index contributed by atoms with van der Waals surface area (Å²) in [6.45, 7) is 12.8. The van der Waals surface area contributed by atoms with Crippen LogP contribution in [-0.2, 0) is 4.74 Å². The fraction of sp³-hybridized carbons (Fsp3) is 1.00. The van der Waals surface area contributed by atoms with Crippen LogP contribution in [0.5, 0.6) is 0 Å². The van der Waals surface area contributed by atoms with Gasteiger partial charge in [-0.15, -0.1) is 0 Å². The number of hydrogen-bond acceptors (Lipinski definition) is 4. The van der Waals surface area contributed by atoms with Crippen LogP contribution in [0.4, 0.5) is 0 Å². The van der Waals surface area contributed by atoms with E-state index in [2.05, 4.69) is 15.5 Å². The molecule has 25 heavy (non-hydrogen) atoms. The van der Waals surface area contributed by atoms with Crippen molar-refractivity contribution in [2.45, 2.75) is 77.4 Å². The minimum Gasteiger partial charge on any atom is -0.375 e. The zero-order valence-corrected chi connectivity index (χ0v) is 16.7. The summed E-state index contributed by atoms with van der Waals surface area (Å²) in [7, 11) is 0. The average Bonchev–Trinajstić information content (AvgIpc) is 3.29. The van der Waals surface area contributed by atoms with Crippen molar-refractivity contribution < 1.29 is 4.74 Å². The molecular weight excluding hydrogens is 310 g/mol. The smallest absolute Gasteiger partial charge is 0.0603 e. The topological polar surface area (TPSA) is 36.5 Å². The molecule has 0 bridgehead atoms. The van der Waals surface area contributed by atoms with E-state index in [1.54, 1.807) is 0 Å². The van der Waals surface area contributed by atoms with Gasteiger partial charge in [0.05, 0.1) is 12.2 Å². The van der Waals surface area contributed by atoms with Gasteiger partial charge in [0.15, 0.2) is 0 Å². The van der Waals surface area contributed by atoms with Gasteiger partial charge in [-0.25, -0.2) is 0 Å². The minimum absolute atomic E-state index is 0.533. The Bertz CT molecular complexity index is 369. The SMILES string of the molecule is C1CC(OC2CCC(CN3CCC4(CCNC4)C3)CC2)CCN1.CC. The molecule has 4 nitrogen and oxygen atoms in total. The molecule has 3 aliphatic heterocycles. The molecule has 0 aromatic heterocycles. The highest BCUT2D eigenvalue weighted by molar-refractivity contribution is 4.96. The van der Waals surface area contributed by atoms with E-state index in [1.807, 2.05) is 13.8 Å². The molecular formula is C21H41N3O. The molecule has 0 aromatic rings. The first-order valence-electron chi connectivity index (χ1n) is 11.1. The molecule has 1 spiro atoms. The molecule has 4 heteroatoms. The lowest BCUT2D eigenvalue weighted by molar-refractivity contribution is -0.0494. The van der Waals surface area contributed by atoms with Crippen LogP contribution >= 0.6 is 0 Å². The maximum Gasteiger partial charge on any atom is 0.0603 e. The lowest BCUT2D eigenvalue weighted by atomic mass is 9.85. The third kappa shape index (κ3) is 5.41. The monoisotopic (exact) mass is 351 g/mol. The standard InChI is InChI=1S/C19H35N3O.C2H6/c1-3-17(23-18-5-9-20-10-6-18)4-2-16(1)13-22-12-8-19(15-22)7-11-21-14-19;1-2/h16-18,20-21H,1-15H2;1-2H3. The minimum atomic E-state index is 0.533. The first-order chi connectivity index (χ1) is 12.3. The van der Waals surface area contributed by atoms with Crippen molar-refractivity contribution >= 4 is 0 Å². The predicted molar refractivity (Wildman–Crippen MR) is 105 cm³/mol. The average molecular weight is 352 g/mol. The van der Waals surface area contributed by atoms with Crippen LogP contribution in [0.15, 0.2) is 0 Å². The normalized spacial score (nSPS) is 37.2. The quantitative estimate of drug-likeness (QED) is 0.816. The van der Waals surface area contributed by atoms with E-state index < -0.39 is 0 Å². The van der Waals surface area contributed by atoms with Crippen molar-refractivity contribution in [2.24, 2.45) is 11.3 Å². The van der Waals surface area contributed by atoms with E-state index in [9.17, 15) is 0 Å². The number of nitrogens with zero attached hydrogens (tertiary/aromatic N) is 1. The number of rotatable bonds is 4. The van der Waals surface area contributed by atoms with Crippen LogP contribution in [0.1, 0.15) is 65.2 Å². The molecule has 3 heterocycles. The molecule has 2 N–H and O–H groups in total. The summed E-state index contributed by atoms with van der Waals surface area (Å²) < 4.78 is 6.36. The summed E-state index contributed by atoms with van der Waals surface area (Å²) in [5.74, 6) is 0.924. The molecule has 0 radical (unpaired) electrons. The highest BCUT2D eigenvalue weighted by Gasteiger charge is 2.40. The van der Waals surface area contributed by atoms with Gasteiger partial charge in [-0.2, -0.15) is 0 Å². The highest BCUT2D eigenvalue weighted by atomic mass is 16.5. The summed E-state index contributed by atoms with van der Waals surface area (Å²) in [4.78, 5) is 2.77. The number of hydrogen-bond donors (Lipinski definition) is 2. The fourth-order valence-electron chi connectivity index (χ4n) is 5.35. The van der Waals surface area contributed by atoms with Gasteiger partial charge in [0, 0.05) is 19.6 Å². The maximum atomic E-state index is 6.36. The summed E-state index contributed by atoms with van der Waals surface area (Å²) >= 11 is 0. The predicted octanol–water partition coefficient (Wildman–Crippen LogP) is 3.03. The Morgan fingerprint density at radius 2 is 1.60 bits per heavy atom. The van der Waals surface area contributed by atoms with Crippen molar-refractivity contribution in [1.82, 2.24) is 15.5 Å². The lowest BCUT2D eigenvalue weighted by Gasteiger charge is -2.34. The molecule has 1 unspecified atom stereocenters. The Balaban J connectivity index is 0.000000880. The zero-order chi connectivity index (χ0) is 17.5. The van der Waals surface area contributed by atoms with Crippen LogP contribution in [0.2, 0.25) is 0 Å². The second kappa shape index (κ2) is 9.68. The third-order valence-corrected chi connectivity index (χ3v) is 6.83. The molecule has 146 valence electrons. The summed E-state index contributed by atoms with van der Waals surface area (Å²) in [5, 5.41) is 7.01. The van der Waals surface area contributed by atoms with Crippen LogP contribution in [0.25, 0.3) is 0 Å². The first kappa shape index (κ1) is 19.6. The molecule has 1 aliphatic carbocycles. The molecule has 0 aromatic carbocycles. The Kier molecular flexibility index (Phi) is 7.59. The van der Waals surface area contributed by atoms with Crippen molar-refractivity contribution in [3.8, 4) is 0 Å². The van der Waals surface area contributed by atoms with Gasteiger partial charge in [-0.3, -0.25) is 0 Å². The number of ether oxygens (including phenoxy) is 1. The molecule has 4 aliphatic rings. The maximum absolute atomic E-state index is 6.36. The largest absolute Gasteiger partial charge is 0.375 e. The first-order valence-corrected chi connectivity index (χ1v) is 11.1. The van der Waals surface area contributed by atoms with Crippen molar-refractivity contribution in [3.05, 3.63) is 0 Å². The molecule has 1 atom stereocenters. The van der Waals surface area contributed by atoms with Crippen LogP contribution in [0.3, 0.4) is 0 Å². The van der Waals surface area contributed by atoms with E-state index in [-0.39, 0.29) is 0 Å². The van der Waals surface area contributed by atoms with E-state index in [1.165, 1.54) is 84.1 Å². The summed E-state index contributed by atoms with van der Waals surface area (Å²) in [6.07, 6.45) is 11.7. The van der Waals surface area contributed by atoms with E-state index >= 15 is 0 Å². The molecule has 4 fully saturated rings. The Morgan fingerprint density at radius 3 is 2.28 bits per heavy atom. The summed E-state index contributed by atoms with van der Waals surface area (Å²) in [6, 6.07) is 0. The van der Waals surface area contributed by atoms with Crippen molar-refractivity contribution in [2.75, 3.05) is 45.8 Å². The highest BCUT2D eigenvalue weighted by Crippen LogP contribution is 2.37. The Hall–Kier alpha value is -0.160. The van der Waals surface area contributed by atoms with Crippen molar-refractivity contribution in [1.29, 1.82) is 0 Å². The van der Waals surface area contributed by atoms with Gasteiger partial charge in [-0.05, 0) is 88.9 Å². The van der Waals surface area contributed by atoms with E-state index in [0.717, 1.165) is 19.0 Å². The third-order valence-electron chi connectivity index (χ3n) is 6.83. The Labute approximate surface area is 155 Å². The molecule has 1 saturated carbocycles. The number of piperidine rings is 1. The van der Waals surface area contributed by atoms with Gasteiger partial charge in [0.25, 0.3) is 0 Å². The lowest BCUT2D eigenvalue weighted by Crippen LogP contribution is -2.37. The number of likely N-dealkylation sites (tertiary alicyclic amines) is 1. The van der Waals surface area contributed by atoms with Gasteiger partial charge in [0.2, 0.25) is 0 Å². The molecule has 3 saturated heterocycles. The zero-order valence-electron chi connectivity index (χ0n) is 16.7. The molecule has 4 rings (SSSR count). The van der Waals surface area contributed by atoms with E-state index in [0.29, 0.717) is 17.6 Å². The fourth-order valence-corrected chi connectivity index (χ4v) is 5.35. The Morgan fingerprint density at radius 1 is 0.880 bits per heavy atom. The van der Waals surface area contributed by atoms with Crippen molar-refractivity contribution in [3.63, 3.8) is 0 Å². The van der Waals surface area contributed by atoms with E-state index in [4.69, 9.17) is 4.74 Å². The second-order valence-electron chi connectivity index (χ2n) is 8.64. The summed E-state index contributed by atoms with van der Waals surface area (Å²) in [5.41, 5.74) is 0.634. The molecule has 0 amide bonds. The van der Waals surface area contributed by atoms with Gasteiger partial charge in [-0.1, -0.05) is 13.8 Å². The van der Waals surface area contributed by atoms with Gasteiger partial charge in [0.1, 0.15) is 0 Å². The van der Waals surface area contributed by atoms with Gasteiger partial charge < -0.3 is 20.3 Å².